The summed E-state index contributed by atoms with van der Waals surface area (Å²) in [5, 5.41) is 3.72. The van der Waals surface area contributed by atoms with Crippen LogP contribution in [0.2, 0.25) is 5.02 Å². The van der Waals surface area contributed by atoms with E-state index < -0.39 is 11.7 Å². The maximum atomic E-state index is 13.7. The van der Waals surface area contributed by atoms with Gasteiger partial charge in [-0.2, -0.15) is 0 Å². The molecule has 0 fully saturated rings. The van der Waals surface area contributed by atoms with Crippen LogP contribution in [0.3, 0.4) is 0 Å². The highest BCUT2D eigenvalue weighted by Gasteiger charge is 2.13. The number of carbonyl (C=O) groups excluding carboxylic acids is 1. The Morgan fingerprint density at radius 1 is 1.14 bits per heavy atom. The second kappa shape index (κ2) is 5.50. The van der Waals surface area contributed by atoms with Crippen molar-refractivity contribution in [1.29, 1.82) is 0 Å². The summed E-state index contributed by atoms with van der Waals surface area (Å²) in [5.74, 6) is -0.971. The van der Waals surface area contributed by atoms with E-state index in [1.54, 1.807) is 24.4 Å². The number of hydrogen-bond donors (Lipinski definition) is 1. The first-order chi connectivity index (χ1) is 10.1. The molecule has 0 aliphatic heterocycles. The van der Waals surface area contributed by atoms with Gasteiger partial charge in [0, 0.05) is 16.6 Å². The first kappa shape index (κ1) is 13.5. The topological polar surface area (TPSA) is 42.0 Å². The molecule has 104 valence electrons. The summed E-state index contributed by atoms with van der Waals surface area (Å²) in [6.07, 6.45) is 1.61. The van der Waals surface area contributed by atoms with E-state index >= 15 is 0 Å². The van der Waals surface area contributed by atoms with Gasteiger partial charge in [-0.05, 0) is 30.3 Å². The van der Waals surface area contributed by atoms with Gasteiger partial charge in [-0.15, -0.1) is 0 Å². The Labute approximate surface area is 125 Å². The number of halogens is 2. The maximum Gasteiger partial charge on any atom is 0.257 e. The number of amides is 1. The van der Waals surface area contributed by atoms with Crippen LogP contribution in [0.25, 0.3) is 10.9 Å². The lowest BCUT2D eigenvalue weighted by molar-refractivity contribution is 0.102. The molecule has 5 heteroatoms. The zero-order valence-corrected chi connectivity index (χ0v) is 11.6. The Morgan fingerprint density at radius 2 is 1.95 bits per heavy atom. The number of anilines is 1. The molecular weight excluding hydrogens is 291 g/mol. The van der Waals surface area contributed by atoms with Gasteiger partial charge < -0.3 is 5.32 Å². The number of carbonyl (C=O) groups is 1. The fraction of sp³-hybridized carbons (Fsp3) is 0. The van der Waals surface area contributed by atoms with Crippen molar-refractivity contribution in [2.45, 2.75) is 0 Å². The molecule has 0 unspecified atom stereocenters. The lowest BCUT2D eigenvalue weighted by Gasteiger charge is -2.08. The smallest absolute Gasteiger partial charge is 0.257 e. The number of para-hydroxylation sites is 1. The average Bonchev–Trinajstić information content (AvgIpc) is 2.50. The van der Waals surface area contributed by atoms with Crippen LogP contribution in [0.4, 0.5) is 10.1 Å². The summed E-state index contributed by atoms with van der Waals surface area (Å²) < 4.78 is 13.7. The van der Waals surface area contributed by atoms with Gasteiger partial charge in [0.1, 0.15) is 5.82 Å². The van der Waals surface area contributed by atoms with Crippen molar-refractivity contribution in [3.8, 4) is 0 Å². The minimum absolute atomic E-state index is 0.0421. The van der Waals surface area contributed by atoms with Crippen molar-refractivity contribution in [2.24, 2.45) is 0 Å². The Kier molecular flexibility index (Phi) is 3.54. The van der Waals surface area contributed by atoms with Crippen molar-refractivity contribution in [3.63, 3.8) is 0 Å². The normalized spacial score (nSPS) is 10.6. The summed E-state index contributed by atoms with van der Waals surface area (Å²) in [5.41, 5.74) is 0.993. The molecule has 0 aliphatic carbocycles. The van der Waals surface area contributed by atoms with E-state index in [0.717, 1.165) is 5.39 Å². The fourth-order valence-electron chi connectivity index (χ4n) is 2.07. The number of fused-ring (bicyclic) bond motifs is 1. The average molecular weight is 301 g/mol. The lowest BCUT2D eigenvalue weighted by atomic mass is 10.1. The molecule has 3 nitrogen and oxygen atoms in total. The summed E-state index contributed by atoms with van der Waals surface area (Å²) >= 11 is 5.81. The fourth-order valence-corrected chi connectivity index (χ4v) is 2.24. The van der Waals surface area contributed by atoms with Crippen LogP contribution in [-0.2, 0) is 0 Å². The summed E-state index contributed by atoms with van der Waals surface area (Å²) in [7, 11) is 0. The minimum Gasteiger partial charge on any atom is -0.319 e. The Bertz CT molecular complexity index is 830. The van der Waals surface area contributed by atoms with Crippen molar-refractivity contribution in [1.82, 2.24) is 4.98 Å². The summed E-state index contributed by atoms with van der Waals surface area (Å²) in [6.45, 7) is 0. The van der Waals surface area contributed by atoms with Gasteiger partial charge >= 0.3 is 0 Å². The molecule has 3 aromatic rings. The first-order valence-corrected chi connectivity index (χ1v) is 6.63. The number of benzene rings is 2. The standard InChI is InChI=1S/C16H10ClFN2O/c17-11-6-7-13(18)14(9-11)20-16(21)12-5-1-3-10-4-2-8-19-15(10)12/h1-9H,(H,20,21). The van der Waals surface area contributed by atoms with E-state index in [1.165, 1.54) is 18.2 Å². The van der Waals surface area contributed by atoms with Crippen LogP contribution in [0, 0.1) is 5.82 Å². The van der Waals surface area contributed by atoms with Crippen LogP contribution < -0.4 is 5.32 Å². The van der Waals surface area contributed by atoms with E-state index in [2.05, 4.69) is 10.3 Å². The van der Waals surface area contributed by atoms with E-state index in [9.17, 15) is 9.18 Å². The zero-order chi connectivity index (χ0) is 14.8. The SMILES string of the molecule is O=C(Nc1cc(Cl)ccc1F)c1cccc2cccnc12. The van der Waals surface area contributed by atoms with E-state index in [4.69, 9.17) is 11.6 Å². The van der Waals surface area contributed by atoms with Gasteiger partial charge in [0.2, 0.25) is 0 Å². The summed E-state index contributed by atoms with van der Waals surface area (Å²) in [6, 6.07) is 12.9. The molecule has 0 aliphatic rings. The van der Waals surface area contributed by atoms with Gasteiger partial charge in [-0.3, -0.25) is 9.78 Å². The first-order valence-electron chi connectivity index (χ1n) is 6.25. The Morgan fingerprint density at radius 3 is 2.81 bits per heavy atom. The van der Waals surface area contributed by atoms with Crippen molar-refractivity contribution >= 4 is 34.1 Å². The van der Waals surface area contributed by atoms with Crippen molar-refractivity contribution in [3.05, 3.63) is 71.1 Å². The van der Waals surface area contributed by atoms with Crippen LogP contribution in [-0.4, -0.2) is 10.9 Å². The third-order valence-corrected chi connectivity index (χ3v) is 3.29. The molecule has 0 spiro atoms. The van der Waals surface area contributed by atoms with Gasteiger partial charge in [-0.1, -0.05) is 29.8 Å². The van der Waals surface area contributed by atoms with E-state index in [1.807, 2.05) is 12.1 Å². The highest BCUT2D eigenvalue weighted by molar-refractivity contribution is 6.31. The molecule has 0 atom stereocenters. The molecular formula is C16H10ClFN2O. The monoisotopic (exact) mass is 300 g/mol. The molecule has 0 bridgehead atoms. The number of aromatic nitrogens is 1. The molecule has 1 heterocycles. The Hall–Kier alpha value is -2.46. The molecule has 1 N–H and O–H groups in total. The molecule has 1 aromatic heterocycles. The van der Waals surface area contributed by atoms with Crippen molar-refractivity contribution in [2.75, 3.05) is 5.32 Å². The minimum atomic E-state index is -0.541. The number of nitrogens with one attached hydrogen (secondary N) is 1. The Balaban J connectivity index is 1.99. The van der Waals surface area contributed by atoms with Crippen molar-refractivity contribution < 1.29 is 9.18 Å². The molecule has 21 heavy (non-hydrogen) atoms. The van der Waals surface area contributed by atoms with E-state index in [-0.39, 0.29) is 5.69 Å². The third-order valence-electron chi connectivity index (χ3n) is 3.05. The maximum absolute atomic E-state index is 13.7. The molecule has 3 rings (SSSR count). The van der Waals surface area contributed by atoms with Crippen LogP contribution in [0.15, 0.2) is 54.7 Å². The molecule has 0 saturated heterocycles. The predicted molar refractivity (Wildman–Crippen MR) is 81.1 cm³/mol. The predicted octanol–water partition coefficient (Wildman–Crippen LogP) is 4.28. The second-order valence-corrected chi connectivity index (χ2v) is 4.90. The second-order valence-electron chi connectivity index (χ2n) is 4.46. The number of rotatable bonds is 2. The van der Waals surface area contributed by atoms with Crippen LogP contribution in [0.1, 0.15) is 10.4 Å². The van der Waals surface area contributed by atoms with Gasteiger partial charge in [0.25, 0.3) is 5.91 Å². The molecule has 2 aromatic carbocycles. The summed E-state index contributed by atoms with van der Waals surface area (Å²) in [4.78, 5) is 16.5. The molecule has 0 radical (unpaired) electrons. The van der Waals surface area contributed by atoms with Crippen LogP contribution >= 0.6 is 11.6 Å². The number of pyridine rings is 1. The number of nitrogens with zero attached hydrogens (tertiary/aromatic N) is 1. The lowest BCUT2D eigenvalue weighted by Crippen LogP contribution is -2.13. The van der Waals surface area contributed by atoms with Crippen LogP contribution in [0.5, 0.6) is 0 Å². The quantitative estimate of drug-likeness (QED) is 0.767. The number of hydrogen-bond acceptors (Lipinski definition) is 2. The third kappa shape index (κ3) is 2.71. The van der Waals surface area contributed by atoms with Gasteiger partial charge in [0.05, 0.1) is 16.8 Å². The largest absolute Gasteiger partial charge is 0.319 e. The zero-order valence-electron chi connectivity index (χ0n) is 10.8. The molecule has 1 amide bonds. The highest BCUT2D eigenvalue weighted by Crippen LogP contribution is 2.22. The molecule has 0 saturated carbocycles. The van der Waals surface area contributed by atoms with Gasteiger partial charge in [-0.25, -0.2) is 4.39 Å². The van der Waals surface area contributed by atoms with E-state index in [0.29, 0.717) is 16.1 Å². The van der Waals surface area contributed by atoms with Gasteiger partial charge in [0.15, 0.2) is 0 Å². The highest BCUT2D eigenvalue weighted by atomic mass is 35.5.